The van der Waals surface area contributed by atoms with Gasteiger partial charge in [0, 0.05) is 18.7 Å². The number of nitrogen functional groups attached to an aromatic ring is 1. The second kappa shape index (κ2) is 4.22. The first kappa shape index (κ1) is 10.5. The van der Waals surface area contributed by atoms with Gasteiger partial charge in [0.1, 0.15) is 5.82 Å². The maximum Gasteiger partial charge on any atom is 0.343 e. The average Bonchev–Trinajstić information content (AvgIpc) is 2.63. The number of rotatable bonds is 3. The van der Waals surface area contributed by atoms with E-state index in [1.165, 1.54) is 0 Å². The molecule has 16 heavy (non-hydrogen) atoms. The highest BCUT2D eigenvalue weighted by Crippen LogP contribution is 2.09. The Morgan fingerprint density at radius 1 is 1.38 bits per heavy atom. The van der Waals surface area contributed by atoms with Crippen LogP contribution in [-0.4, -0.2) is 14.8 Å². The molecule has 84 valence electrons. The van der Waals surface area contributed by atoms with Crippen LogP contribution in [0.3, 0.4) is 0 Å². The fourth-order valence-electron chi connectivity index (χ4n) is 1.63. The Labute approximate surface area is 92.9 Å². The van der Waals surface area contributed by atoms with Gasteiger partial charge in [-0.1, -0.05) is 12.1 Å². The van der Waals surface area contributed by atoms with Crippen LogP contribution in [0.2, 0.25) is 0 Å². The number of benzene rings is 1. The van der Waals surface area contributed by atoms with E-state index in [1.807, 2.05) is 31.2 Å². The Balaban J connectivity index is 2.27. The zero-order valence-electron chi connectivity index (χ0n) is 9.10. The smallest absolute Gasteiger partial charge is 0.343 e. The molecule has 0 unspecified atom stereocenters. The van der Waals surface area contributed by atoms with Gasteiger partial charge in [0.25, 0.3) is 0 Å². The third kappa shape index (κ3) is 1.98. The van der Waals surface area contributed by atoms with E-state index in [4.69, 9.17) is 5.73 Å². The molecule has 0 fully saturated rings. The molecule has 1 aromatic carbocycles. The molecule has 0 atom stereocenters. The van der Waals surface area contributed by atoms with Gasteiger partial charge in [-0.3, -0.25) is 4.57 Å². The number of aromatic amines is 1. The van der Waals surface area contributed by atoms with Crippen molar-refractivity contribution in [1.29, 1.82) is 0 Å². The van der Waals surface area contributed by atoms with E-state index in [-0.39, 0.29) is 5.69 Å². The van der Waals surface area contributed by atoms with E-state index < -0.39 is 0 Å². The SMILES string of the molecule is CCn1c(Cc2ccc(N)cc2)n[nH]c1=O. The predicted molar refractivity (Wildman–Crippen MR) is 62.2 cm³/mol. The van der Waals surface area contributed by atoms with Crippen molar-refractivity contribution in [2.75, 3.05) is 5.73 Å². The predicted octanol–water partition coefficient (Wildman–Crippen LogP) is 0.764. The van der Waals surface area contributed by atoms with E-state index in [9.17, 15) is 4.79 Å². The van der Waals surface area contributed by atoms with Crippen LogP contribution < -0.4 is 11.4 Å². The first-order valence-electron chi connectivity index (χ1n) is 5.19. The van der Waals surface area contributed by atoms with E-state index >= 15 is 0 Å². The van der Waals surface area contributed by atoms with Crippen LogP contribution >= 0.6 is 0 Å². The minimum atomic E-state index is -0.159. The largest absolute Gasteiger partial charge is 0.399 e. The Morgan fingerprint density at radius 3 is 2.69 bits per heavy atom. The van der Waals surface area contributed by atoms with Gasteiger partial charge < -0.3 is 5.73 Å². The van der Waals surface area contributed by atoms with Gasteiger partial charge in [-0.05, 0) is 24.6 Å². The lowest BCUT2D eigenvalue weighted by Gasteiger charge is -2.02. The standard InChI is InChI=1S/C11H14N4O/c1-2-15-10(13-14-11(15)16)7-8-3-5-9(12)6-4-8/h3-6H,2,7,12H2,1H3,(H,14,16). The lowest BCUT2D eigenvalue weighted by atomic mass is 10.1. The zero-order valence-corrected chi connectivity index (χ0v) is 9.10. The van der Waals surface area contributed by atoms with Crippen LogP contribution in [0.5, 0.6) is 0 Å². The molecule has 3 N–H and O–H groups in total. The van der Waals surface area contributed by atoms with Gasteiger partial charge in [0.2, 0.25) is 0 Å². The lowest BCUT2D eigenvalue weighted by Crippen LogP contribution is -2.17. The Morgan fingerprint density at radius 2 is 2.06 bits per heavy atom. The van der Waals surface area contributed by atoms with E-state index in [2.05, 4.69) is 10.2 Å². The molecule has 5 heteroatoms. The van der Waals surface area contributed by atoms with Gasteiger partial charge in [-0.2, -0.15) is 5.10 Å². The number of hydrogen-bond donors (Lipinski definition) is 2. The normalized spacial score (nSPS) is 10.6. The summed E-state index contributed by atoms with van der Waals surface area (Å²) in [5.41, 5.74) is 7.26. The Kier molecular flexibility index (Phi) is 2.76. The highest BCUT2D eigenvalue weighted by molar-refractivity contribution is 5.39. The molecule has 0 saturated carbocycles. The molecule has 1 heterocycles. The molecule has 0 aliphatic rings. The maximum absolute atomic E-state index is 11.3. The summed E-state index contributed by atoms with van der Waals surface area (Å²) in [5, 5.41) is 6.45. The van der Waals surface area contributed by atoms with Crippen molar-refractivity contribution in [3.8, 4) is 0 Å². The fraction of sp³-hybridized carbons (Fsp3) is 0.273. The number of H-pyrrole nitrogens is 1. The third-order valence-corrected chi connectivity index (χ3v) is 2.50. The number of nitrogens with zero attached hydrogens (tertiary/aromatic N) is 2. The summed E-state index contributed by atoms with van der Waals surface area (Å²) >= 11 is 0. The second-order valence-electron chi connectivity index (χ2n) is 3.61. The molecule has 0 bridgehead atoms. The highest BCUT2D eigenvalue weighted by Gasteiger charge is 2.06. The summed E-state index contributed by atoms with van der Waals surface area (Å²) in [4.78, 5) is 11.3. The molecule has 2 aromatic rings. The number of aromatic nitrogens is 3. The van der Waals surface area contributed by atoms with Crippen molar-refractivity contribution in [3.05, 3.63) is 46.1 Å². The highest BCUT2D eigenvalue weighted by atomic mass is 16.1. The van der Waals surface area contributed by atoms with E-state index in [1.54, 1.807) is 4.57 Å². The molecule has 0 aliphatic carbocycles. The van der Waals surface area contributed by atoms with Crippen molar-refractivity contribution in [2.24, 2.45) is 0 Å². The Hall–Kier alpha value is -2.04. The van der Waals surface area contributed by atoms with Crippen LogP contribution in [0.1, 0.15) is 18.3 Å². The first-order valence-corrected chi connectivity index (χ1v) is 5.19. The lowest BCUT2D eigenvalue weighted by molar-refractivity contribution is 0.690. The molecule has 0 amide bonds. The minimum absolute atomic E-state index is 0.159. The molecular formula is C11H14N4O. The number of hydrogen-bond acceptors (Lipinski definition) is 3. The van der Waals surface area contributed by atoms with E-state index in [0.717, 1.165) is 17.1 Å². The fourth-order valence-corrected chi connectivity index (χ4v) is 1.63. The molecule has 2 rings (SSSR count). The second-order valence-corrected chi connectivity index (χ2v) is 3.61. The van der Waals surface area contributed by atoms with Gasteiger partial charge in [0.15, 0.2) is 0 Å². The van der Waals surface area contributed by atoms with Crippen LogP contribution in [0.4, 0.5) is 5.69 Å². The monoisotopic (exact) mass is 218 g/mol. The van der Waals surface area contributed by atoms with Gasteiger partial charge >= 0.3 is 5.69 Å². The molecule has 0 radical (unpaired) electrons. The summed E-state index contributed by atoms with van der Waals surface area (Å²) in [6, 6.07) is 7.57. The molecular weight excluding hydrogens is 204 g/mol. The van der Waals surface area contributed by atoms with Crippen LogP contribution in [0.15, 0.2) is 29.1 Å². The van der Waals surface area contributed by atoms with Crippen molar-refractivity contribution >= 4 is 5.69 Å². The summed E-state index contributed by atoms with van der Waals surface area (Å²) < 4.78 is 1.62. The summed E-state index contributed by atoms with van der Waals surface area (Å²) in [5.74, 6) is 0.747. The minimum Gasteiger partial charge on any atom is -0.399 e. The first-order chi connectivity index (χ1) is 7.70. The zero-order chi connectivity index (χ0) is 11.5. The maximum atomic E-state index is 11.3. The summed E-state index contributed by atoms with van der Waals surface area (Å²) in [7, 11) is 0. The van der Waals surface area contributed by atoms with Gasteiger partial charge in [0.05, 0.1) is 0 Å². The van der Waals surface area contributed by atoms with E-state index in [0.29, 0.717) is 13.0 Å². The molecule has 0 saturated heterocycles. The summed E-state index contributed by atoms with van der Waals surface area (Å²) in [6.45, 7) is 2.54. The van der Waals surface area contributed by atoms with Crippen molar-refractivity contribution in [1.82, 2.24) is 14.8 Å². The van der Waals surface area contributed by atoms with Crippen molar-refractivity contribution < 1.29 is 0 Å². The molecule has 5 nitrogen and oxygen atoms in total. The third-order valence-electron chi connectivity index (χ3n) is 2.50. The topological polar surface area (TPSA) is 76.7 Å². The van der Waals surface area contributed by atoms with Crippen molar-refractivity contribution in [3.63, 3.8) is 0 Å². The van der Waals surface area contributed by atoms with Crippen molar-refractivity contribution in [2.45, 2.75) is 19.9 Å². The van der Waals surface area contributed by atoms with Gasteiger partial charge in [-0.15, -0.1) is 0 Å². The number of nitrogens with two attached hydrogens (primary N) is 1. The molecule has 0 spiro atoms. The molecule has 1 aromatic heterocycles. The van der Waals surface area contributed by atoms with Crippen LogP contribution in [-0.2, 0) is 13.0 Å². The quantitative estimate of drug-likeness (QED) is 0.747. The number of anilines is 1. The van der Waals surface area contributed by atoms with Crippen LogP contribution in [0, 0.1) is 0 Å². The van der Waals surface area contributed by atoms with Crippen LogP contribution in [0.25, 0.3) is 0 Å². The molecule has 0 aliphatic heterocycles. The number of nitrogens with one attached hydrogen (secondary N) is 1. The summed E-state index contributed by atoms with van der Waals surface area (Å²) in [6.07, 6.45) is 0.632. The average molecular weight is 218 g/mol. The van der Waals surface area contributed by atoms with Gasteiger partial charge in [-0.25, -0.2) is 9.89 Å². The Bertz CT molecular complexity index is 524.